The summed E-state index contributed by atoms with van der Waals surface area (Å²) in [5.41, 5.74) is 0. The molecule has 2 saturated carbocycles. The zero-order valence-corrected chi connectivity index (χ0v) is 16.9. The van der Waals surface area contributed by atoms with Crippen LogP contribution in [-0.2, 0) is 14.8 Å². The predicted octanol–water partition coefficient (Wildman–Crippen LogP) is 3.09. The summed E-state index contributed by atoms with van der Waals surface area (Å²) < 4.78 is 27.3. The zero-order chi connectivity index (χ0) is 18.3. The summed E-state index contributed by atoms with van der Waals surface area (Å²) in [6, 6.07) is 3.59. The number of thiophene rings is 1. The van der Waals surface area contributed by atoms with Crippen LogP contribution in [0.2, 0.25) is 0 Å². The van der Waals surface area contributed by atoms with Crippen molar-refractivity contribution in [3.05, 3.63) is 17.5 Å². The Morgan fingerprint density at radius 3 is 2.81 bits per heavy atom. The zero-order valence-electron chi connectivity index (χ0n) is 15.3. The number of piperidine rings is 1. The minimum Gasteiger partial charge on any atom is -0.353 e. The maximum absolute atomic E-state index is 12.8. The lowest BCUT2D eigenvalue weighted by molar-refractivity contribution is -0.127. The van der Waals surface area contributed by atoms with Crippen LogP contribution in [0.15, 0.2) is 21.7 Å². The fourth-order valence-electron chi connectivity index (χ4n) is 5.27. The van der Waals surface area contributed by atoms with Gasteiger partial charge in [0.05, 0.1) is 5.92 Å². The molecule has 26 heavy (non-hydrogen) atoms. The molecule has 1 N–H and O–H groups in total. The third-order valence-corrected chi connectivity index (χ3v) is 9.89. The van der Waals surface area contributed by atoms with E-state index in [4.69, 9.17) is 0 Å². The largest absolute Gasteiger partial charge is 0.353 e. The van der Waals surface area contributed by atoms with Gasteiger partial charge in [-0.25, -0.2) is 8.42 Å². The number of fused-ring (bicyclic) bond motifs is 2. The fourth-order valence-corrected chi connectivity index (χ4v) is 7.94. The summed E-state index contributed by atoms with van der Waals surface area (Å²) in [5.74, 6) is 2.04. The van der Waals surface area contributed by atoms with Crippen LogP contribution < -0.4 is 5.32 Å². The Bertz CT molecular complexity index is 747. The van der Waals surface area contributed by atoms with Gasteiger partial charge in [-0.3, -0.25) is 4.79 Å². The molecule has 1 aliphatic heterocycles. The first-order valence-electron chi connectivity index (χ1n) is 9.79. The molecule has 1 aromatic rings. The first-order chi connectivity index (χ1) is 12.4. The molecule has 2 aliphatic carbocycles. The van der Waals surface area contributed by atoms with Gasteiger partial charge in [-0.1, -0.05) is 12.5 Å². The van der Waals surface area contributed by atoms with Gasteiger partial charge in [-0.05, 0) is 68.2 Å². The van der Waals surface area contributed by atoms with Gasteiger partial charge >= 0.3 is 0 Å². The van der Waals surface area contributed by atoms with Gasteiger partial charge in [0.1, 0.15) is 4.21 Å². The van der Waals surface area contributed by atoms with Crippen molar-refractivity contribution in [1.29, 1.82) is 0 Å². The number of hydrogen-bond donors (Lipinski definition) is 1. The van der Waals surface area contributed by atoms with Crippen LogP contribution >= 0.6 is 11.3 Å². The lowest BCUT2D eigenvalue weighted by Gasteiger charge is -2.33. The topological polar surface area (TPSA) is 66.5 Å². The Hall–Kier alpha value is -0.920. The summed E-state index contributed by atoms with van der Waals surface area (Å²) >= 11 is 1.24. The predicted molar refractivity (Wildman–Crippen MR) is 102 cm³/mol. The second kappa shape index (κ2) is 7.24. The van der Waals surface area contributed by atoms with Gasteiger partial charge in [0.2, 0.25) is 5.91 Å². The Balaban J connectivity index is 1.37. The van der Waals surface area contributed by atoms with E-state index in [1.807, 2.05) is 0 Å². The summed E-state index contributed by atoms with van der Waals surface area (Å²) in [6.07, 6.45) is 6.76. The van der Waals surface area contributed by atoms with Gasteiger partial charge in [0.25, 0.3) is 10.0 Å². The molecule has 0 unspecified atom stereocenters. The highest BCUT2D eigenvalue weighted by Gasteiger charge is 2.42. The molecule has 3 fully saturated rings. The van der Waals surface area contributed by atoms with Crippen molar-refractivity contribution in [2.24, 2.45) is 23.7 Å². The van der Waals surface area contributed by atoms with E-state index >= 15 is 0 Å². The molecule has 144 valence electrons. The molecule has 0 spiro atoms. The van der Waals surface area contributed by atoms with Crippen LogP contribution in [0.1, 0.15) is 45.4 Å². The molecule has 5 nitrogen and oxygen atoms in total. The van der Waals surface area contributed by atoms with E-state index in [0.717, 1.165) is 24.7 Å². The van der Waals surface area contributed by atoms with Crippen molar-refractivity contribution in [3.8, 4) is 0 Å². The third kappa shape index (κ3) is 3.45. The number of carbonyl (C=O) groups is 1. The van der Waals surface area contributed by atoms with Crippen LogP contribution in [0.4, 0.5) is 0 Å². The highest BCUT2D eigenvalue weighted by atomic mass is 32.2. The number of nitrogens with one attached hydrogen (secondary N) is 1. The molecule has 1 amide bonds. The van der Waals surface area contributed by atoms with Crippen molar-refractivity contribution in [3.63, 3.8) is 0 Å². The summed E-state index contributed by atoms with van der Waals surface area (Å²) in [6.45, 7) is 2.94. The summed E-state index contributed by atoms with van der Waals surface area (Å²) in [7, 11) is -3.46. The number of hydrogen-bond acceptors (Lipinski definition) is 4. The molecule has 5 atom stereocenters. The Morgan fingerprint density at radius 1 is 1.31 bits per heavy atom. The molecule has 4 rings (SSSR count). The van der Waals surface area contributed by atoms with Crippen LogP contribution in [0.3, 0.4) is 0 Å². The fraction of sp³-hybridized carbons (Fsp3) is 0.737. The maximum Gasteiger partial charge on any atom is 0.252 e. The second-order valence-electron chi connectivity index (χ2n) is 8.27. The number of rotatable bonds is 5. The van der Waals surface area contributed by atoms with Crippen molar-refractivity contribution in [2.75, 3.05) is 13.1 Å². The molecular weight excluding hydrogens is 368 g/mol. The minimum absolute atomic E-state index is 0.0337. The average Bonchev–Trinajstić information content (AvgIpc) is 3.39. The maximum atomic E-state index is 12.8. The Labute approximate surface area is 160 Å². The lowest BCUT2D eigenvalue weighted by Crippen LogP contribution is -2.48. The van der Waals surface area contributed by atoms with E-state index in [0.29, 0.717) is 23.2 Å². The summed E-state index contributed by atoms with van der Waals surface area (Å²) in [5, 5.41) is 5.00. The number of sulfonamides is 1. The van der Waals surface area contributed by atoms with E-state index < -0.39 is 10.0 Å². The average molecular weight is 397 g/mol. The van der Waals surface area contributed by atoms with Gasteiger partial charge in [-0.15, -0.1) is 11.3 Å². The lowest BCUT2D eigenvalue weighted by atomic mass is 9.83. The van der Waals surface area contributed by atoms with E-state index in [-0.39, 0.29) is 17.9 Å². The number of nitrogens with zero attached hydrogens (tertiary/aromatic N) is 1. The van der Waals surface area contributed by atoms with Crippen LogP contribution in [-0.4, -0.2) is 37.8 Å². The number of carbonyl (C=O) groups excluding carboxylic acids is 1. The standard InChI is InChI=1S/C19H28N2O3S2/c1-13(17-11-14-6-7-15(17)10-14)20-19(22)16-4-2-8-21(12-16)26(23,24)18-5-3-9-25-18/h3,5,9,13-17H,2,4,6-8,10-12H2,1H3,(H,20,22)/t13-,14-,15-,16+,17+/m0/s1. The highest BCUT2D eigenvalue weighted by molar-refractivity contribution is 7.91. The molecule has 2 bridgehead atoms. The second-order valence-corrected chi connectivity index (χ2v) is 11.4. The van der Waals surface area contributed by atoms with Crippen LogP contribution in [0, 0.1) is 23.7 Å². The van der Waals surface area contributed by atoms with E-state index in [2.05, 4.69) is 12.2 Å². The first kappa shape index (κ1) is 18.4. The molecule has 1 saturated heterocycles. The molecule has 7 heteroatoms. The van der Waals surface area contributed by atoms with E-state index in [9.17, 15) is 13.2 Å². The molecule has 2 heterocycles. The van der Waals surface area contributed by atoms with E-state index in [1.165, 1.54) is 41.3 Å². The molecule has 0 aromatic carbocycles. The molecular formula is C19H28N2O3S2. The van der Waals surface area contributed by atoms with Crippen molar-refractivity contribution >= 4 is 27.3 Å². The number of amides is 1. The normalized spacial score (nSPS) is 33.3. The van der Waals surface area contributed by atoms with Gasteiger partial charge < -0.3 is 5.32 Å². The first-order valence-corrected chi connectivity index (χ1v) is 12.1. The van der Waals surface area contributed by atoms with Gasteiger partial charge in [-0.2, -0.15) is 4.31 Å². The Morgan fingerprint density at radius 2 is 2.15 bits per heavy atom. The smallest absolute Gasteiger partial charge is 0.252 e. The Kier molecular flexibility index (Phi) is 5.14. The van der Waals surface area contributed by atoms with Gasteiger partial charge in [0, 0.05) is 19.1 Å². The molecule has 3 aliphatic rings. The van der Waals surface area contributed by atoms with Gasteiger partial charge in [0.15, 0.2) is 0 Å². The third-order valence-electron chi connectivity index (χ3n) is 6.65. The van der Waals surface area contributed by atoms with Crippen LogP contribution in [0.25, 0.3) is 0 Å². The minimum atomic E-state index is -3.46. The monoisotopic (exact) mass is 396 g/mol. The van der Waals surface area contributed by atoms with Crippen molar-refractivity contribution < 1.29 is 13.2 Å². The molecule has 1 aromatic heterocycles. The van der Waals surface area contributed by atoms with Crippen molar-refractivity contribution in [1.82, 2.24) is 9.62 Å². The molecule has 0 radical (unpaired) electrons. The highest BCUT2D eigenvalue weighted by Crippen LogP contribution is 2.49. The summed E-state index contributed by atoms with van der Waals surface area (Å²) in [4.78, 5) is 12.8. The SMILES string of the molecule is C[C@H](NC(=O)[C@@H]1CCCN(S(=O)(=O)c2cccs2)C1)[C@H]1C[C@H]2CC[C@H]1C2. The van der Waals surface area contributed by atoms with Crippen molar-refractivity contribution in [2.45, 2.75) is 55.7 Å². The van der Waals surface area contributed by atoms with E-state index in [1.54, 1.807) is 17.5 Å². The quantitative estimate of drug-likeness (QED) is 0.832. The van der Waals surface area contributed by atoms with Crippen LogP contribution in [0.5, 0.6) is 0 Å².